The third-order valence-corrected chi connectivity index (χ3v) is 3.28. The number of alkyl halides is 1. The van der Waals surface area contributed by atoms with E-state index >= 15 is 0 Å². The van der Waals surface area contributed by atoms with E-state index in [4.69, 9.17) is 5.73 Å². The second-order valence-electron chi connectivity index (χ2n) is 4.77. The third-order valence-electron chi connectivity index (χ3n) is 3.28. The van der Waals surface area contributed by atoms with Crippen LogP contribution in [0.15, 0.2) is 24.3 Å². The fourth-order valence-electron chi connectivity index (χ4n) is 2.73. The molecule has 2 rings (SSSR count). The first-order valence-corrected chi connectivity index (χ1v) is 5.17. The number of phenols is 1. The van der Waals surface area contributed by atoms with Gasteiger partial charge in [-0.25, -0.2) is 4.39 Å². The van der Waals surface area contributed by atoms with E-state index in [1.54, 1.807) is 19.1 Å². The minimum atomic E-state index is -1.14. The summed E-state index contributed by atoms with van der Waals surface area (Å²) in [7, 11) is 0. The average molecular weight is 209 g/mol. The maximum absolute atomic E-state index is 13.6. The van der Waals surface area contributed by atoms with Crippen LogP contribution in [0, 0.1) is 0 Å². The zero-order valence-corrected chi connectivity index (χ0v) is 8.83. The summed E-state index contributed by atoms with van der Waals surface area (Å²) in [5.41, 5.74) is 4.99. The molecule has 15 heavy (non-hydrogen) atoms. The van der Waals surface area contributed by atoms with Gasteiger partial charge in [-0.05, 0) is 25.8 Å². The number of benzene rings is 1. The molecule has 0 unspecified atom stereocenters. The second kappa shape index (κ2) is 3.20. The van der Waals surface area contributed by atoms with Gasteiger partial charge in [0.25, 0.3) is 0 Å². The van der Waals surface area contributed by atoms with E-state index in [1.165, 1.54) is 0 Å². The topological polar surface area (TPSA) is 46.2 Å². The van der Waals surface area contributed by atoms with Crippen LogP contribution >= 0.6 is 0 Å². The van der Waals surface area contributed by atoms with Gasteiger partial charge in [0.2, 0.25) is 0 Å². The molecule has 1 saturated carbocycles. The summed E-state index contributed by atoms with van der Waals surface area (Å²) >= 11 is 0. The van der Waals surface area contributed by atoms with Crippen LogP contribution in [-0.4, -0.2) is 17.3 Å². The van der Waals surface area contributed by atoms with Gasteiger partial charge in [0.05, 0.1) is 0 Å². The van der Waals surface area contributed by atoms with Crippen molar-refractivity contribution < 1.29 is 9.50 Å². The predicted octanol–water partition coefficient (Wildman–Crippen LogP) is 2.11. The Morgan fingerprint density at radius 2 is 2.00 bits per heavy atom. The van der Waals surface area contributed by atoms with Crippen LogP contribution in [0.2, 0.25) is 0 Å². The zero-order valence-electron chi connectivity index (χ0n) is 8.83. The maximum atomic E-state index is 13.6. The van der Waals surface area contributed by atoms with E-state index in [1.807, 2.05) is 12.1 Å². The van der Waals surface area contributed by atoms with Crippen LogP contribution in [0.25, 0.3) is 0 Å². The largest absolute Gasteiger partial charge is 0.508 e. The van der Waals surface area contributed by atoms with Crippen LogP contribution in [0.4, 0.5) is 4.39 Å². The fraction of sp³-hybridized carbons (Fsp3) is 0.500. The van der Waals surface area contributed by atoms with Crippen molar-refractivity contribution in [2.75, 3.05) is 6.54 Å². The molecule has 1 aromatic carbocycles. The van der Waals surface area contributed by atoms with Crippen molar-refractivity contribution in [3.05, 3.63) is 29.8 Å². The highest BCUT2D eigenvalue weighted by molar-refractivity contribution is 5.42. The Bertz CT molecular complexity index is 368. The summed E-state index contributed by atoms with van der Waals surface area (Å²) in [6, 6.07) is 7.06. The first-order valence-electron chi connectivity index (χ1n) is 5.17. The molecule has 3 heteroatoms. The van der Waals surface area contributed by atoms with Gasteiger partial charge in [-0.15, -0.1) is 0 Å². The van der Waals surface area contributed by atoms with E-state index in [-0.39, 0.29) is 11.2 Å². The lowest BCUT2D eigenvalue weighted by Gasteiger charge is -2.50. The lowest BCUT2D eigenvalue weighted by molar-refractivity contribution is 0.00171. The highest BCUT2D eigenvalue weighted by atomic mass is 19.1. The molecule has 0 atom stereocenters. The number of nitrogens with two attached hydrogens (primary N) is 1. The maximum Gasteiger partial charge on any atom is 0.119 e. The molecular weight excluding hydrogens is 193 g/mol. The van der Waals surface area contributed by atoms with Crippen molar-refractivity contribution in [3.63, 3.8) is 0 Å². The Morgan fingerprint density at radius 3 is 2.47 bits per heavy atom. The number of hydrogen-bond donors (Lipinski definition) is 2. The van der Waals surface area contributed by atoms with Crippen LogP contribution in [-0.2, 0) is 5.41 Å². The Hall–Kier alpha value is -1.09. The zero-order chi connectivity index (χ0) is 11.1. The average Bonchev–Trinajstić information content (AvgIpc) is 2.14. The minimum absolute atomic E-state index is 0.221. The first-order chi connectivity index (χ1) is 6.99. The molecule has 0 heterocycles. The molecule has 82 valence electrons. The molecule has 0 aromatic heterocycles. The Morgan fingerprint density at radius 1 is 1.40 bits per heavy atom. The number of rotatable bonds is 2. The van der Waals surface area contributed by atoms with Gasteiger partial charge in [0.15, 0.2) is 0 Å². The molecule has 0 amide bonds. The summed E-state index contributed by atoms with van der Waals surface area (Å²) < 4.78 is 13.6. The SMILES string of the molecule is CC1(F)CC(CN)(c2ccccc2O)C1. The van der Waals surface area contributed by atoms with Crippen molar-refractivity contribution in [1.29, 1.82) is 0 Å². The molecule has 2 nitrogen and oxygen atoms in total. The molecule has 0 bridgehead atoms. The standard InChI is InChI=1S/C12H16FNO/c1-11(13)6-12(7-11,8-14)9-4-2-3-5-10(9)15/h2-5,15H,6-8,14H2,1H3. The van der Waals surface area contributed by atoms with Gasteiger partial charge in [-0.2, -0.15) is 0 Å². The highest BCUT2D eigenvalue weighted by Gasteiger charge is 2.53. The van der Waals surface area contributed by atoms with E-state index in [0.717, 1.165) is 5.56 Å². The van der Waals surface area contributed by atoms with Gasteiger partial charge in [-0.3, -0.25) is 0 Å². The van der Waals surface area contributed by atoms with Gasteiger partial charge in [0, 0.05) is 17.5 Å². The number of halogens is 1. The van der Waals surface area contributed by atoms with E-state index in [0.29, 0.717) is 19.4 Å². The van der Waals surface area contributed by atoms with Gasteiger partial charge in [0.1, 0.15) is 11.4 Å². The number of hydrogen-bond acceptors (Lipinski definition) is 2. The number of phenolic OH excluding ortho intramolecular Hbond substituents is 1. The van der Waals surface area contributed by atoms with E-state index < -0.39 is 5.67 Å². The van der Waals surface area contributed by atoms with Gasteiger partial charge in [-0.1, -0.05) is 18.2 Å². The lowest BCUT2D eigenvalue weighted by Crippen LogP contribution is -2.54. The molecule has 0 aliphatic heterocycles. The van der Waals surface area contributed by atoms with Crippen molar-refractivity contribution in [2.45, 2.75) is 30.8 Å². The van der Waals surface area contributed by atoms with Crippen molar-refractivity contribution in [3.8, 4) is 5.75 Å². The molecule has 3 N–H and O–H groups in total. The Kier molecular flexibility index (Phi) is 2.23. The Labute approximate surface area is 88.9 Å². The second-order valence-corrected chi connectivity index (χ2v) is 4.77. The first kappa shape index (κ1) is 10.4. The van der Waals surface area contributed by atoms with Crippen LogP contribution in [0.1, 0.15) is 25.3 Å². The van der Waals surface area contributed by atoms with Crippen molar-refractivity contribution in [1.82, 2.24) is 0 Å². The molecular formula is C12H16FNO. The molecule has 1 fully saturated rings. The smallest absolute Gasteiger partial charge is 0.119 e. The third kappa shape index (κ3) is 1.61. The molecule has 0 radical (unpaired) electrons. The van der Waals surface area contributed by atoms with Crippen molar-refractivity contribution >= 4 is 0 Å². The van der Waals surface area contributed by atoms with Gasteiger partial charge >= 0.3 is 0 Å². The number of aromatic hydroxyl groups is 1. The molecule has 1 aliphatic carbocycles. The Balaban J connectivity index is 2.34. The summed E-state index contributed by atoms with van der Waals surface area (Å²) in [4.78, 5) is 0. The van der Waals surface area contributed by atoms with Crippen LogP contribution in [0.5, 0.6) is 5.75 Å². The minimum Gasteiger partial charge on any atom is -0.508 e. The predicted molar refractivity (Wildman–Crippen MR) is 57.6 cm³/mol. The summed E-state index contributed by atoms with van der Waals surface area (Å²) in [5, 5.41) is 9.73. The quantitative estimate of drug-likeness (QED) is 0.783. The summed E-state index contributed by atoms with van der Waals surface area (Å²) in [6.07, 6.45) is 0.794. The molecule has 0 spiro atoms. The van der Waals surface area contributed by atoms with E-state index in [2.05, 4.69) is 0 Å². The van der Waals surface area contributed by atoms with Crippen LogP contribution in [0.3, 0.4) is 0 Å². The molecule has 1 aliphatic rings. The highest BCUT2D eigenvalue weighted by Crippen LogP contribution is 2.53. The fourth-order valence-corrected chi connectivity index (χ4v) is 2.73. The lowest BCUT2D eigenvalue weighted by atomic mass is 9.57. The van der Waals surface area contributed by atoms with Gasteiger partial charge < -0.3 is 10.8 Å². The molecule has 1 aromatic rings. The van der Waals surface area contributed by atoms with Crippen molar-refractivity contribution in [2.24, 2.45) is 5.73 Å². The number of para-hydroxylation sites is 1. The molecule has 0 saturated heterocycles. The normalized spacial score (nSPS) is 34.9. The monoisotopic (exact) mass is 209 g/mol. The van der Waals surface area contributed by atoms with Crippen LogP contribution < -0.4 is 5.73 Å². The van der Waals surface area contributed by atoms with E-state index in [9.17, 15) is 9.50 Å². The summed E-state index contributed by atoms with van der Waals surface area (Å²) in [5.74, 6) is 0.221. The summed E-state index contributed by atoms with van der Waals surface area (Å²) in [6.45, 7) is 1.96.